The van der Waals surface area contributed by atoms with E-state index in [1.807, 2.05) is 0 Å². The molecule has 7 heteroatoms. The number of hydrogen-bond donors (Lipinski definition) is 0. The summed E-state index contributed by atoms with van der Waals surface area (Å²) in [6.07, 6.45) is 0. The van der Waals surface area contributed by atoms with Crippen molar-refractivity contribution in [2.75, 3.05) is 0 Å². The van der Waals surface area contributed by atoms with Crippen LogP contribution in [0.3, 0.4) is 0 Å². The van der Waals surface area contributed by atoms with Crippen LogP contribution in [0.1, 0.15) is 5.82 Å². The molecule has 0 saturated carbocycles. The third-order valence-electron chi connectivity index (χ3n) is 9.30. The number of benzene rings is 6. The van der Waals surface area contributed by atoms with Crippen molar-refractivity contribution in [1.82, 2.24) is 9.55 Å². The van der Waals surface area contributed by atoms with Crippen molar-refractivity contribution in [3.05, 3.63) is 103 Å². The van der Waals surface area contributed by atoms with Gasteiger partial charge in [-0.25, -0.2) is 4.98 Å². The Kier molecular flexibility index (Phi) is 6.01. The van der Waals surface area contributed by atoms with Crippen molar-refractivity contribution in [2.24, 2.45) is 0 Å². The molecule has 1 heterocycles. The minimum Gasteiger partial charge on any atom is -0.295 e. The molecule has 0 unspecified atom stereocenters. The summed E-state index contributed by atoms with van der Waals surface area (Å²) < 4.78 is 2.35. The summed E-state index contributed by atoms with van der Waals surface area (Å²) in [6, 6.07) is 35.3. The van der Waals surface area contributed by atoms with Crippen LogP contribution < -0.4 is 27.3 Å². The molecule has 0 aliphatic heterocycles. The first-order chi connectivity index (χ1) is 19.9. The van der Waals surface area contributed by atoms with Crippen LogP contribution in [0.25, 0.3) is 60.5 Å². The van der Waals surface area contributed by atoms with Gasteiger partial charge in [0.25, 0.3) is 0 Å². The third kappa shape index (κ3) is 3.83. The summed E-state index contributed by atoms with van der Waals surface area (Å²) in [6.45, 7) is 2.12. The number of para-hydroxylation sites is 2. The summed E-state index contributed by atoms with van der Waals surface area (Å²) in [7, 11) is 11.3. The molecule has 0 spiro atoms. The van der Waals surface area contributed by atoms with E-state index in [1.54, 1.807) is 0 Å². The second-order valence-corrected chi connectivity index (χ2v) is 11.4. The number of rotatable bonds is 3. The summed E-state index contributed by atoms with van der Waals surface area (Å²) in [5, 5.41) is 4.97. The molecule has 2 nitrogen and oxygen atoms in total. The van der Waals surface area contributed by atoms with Gasteiger partial charge in [0.05, 0.1) is 16.7 Å². The Hall–Kier alpha value is -4.37. The van der Waals surface area contributed by atoms with E-state index in [1.165, 1.54) is 76.8 Å². The van der Waals surface area contributed by atoms with Crippen LogP contribution in [0.5, 0.6) is 0 Å². The summed E-state index contributed by atoms with van der Waals surface area (Å²) in [4.78, 5) is 4.96. The number of nitrogens with zero attached hydrogens (tertiary/aromatic N) is 2. The number of aromatic nitrogens is 2. The molecule has 0 N–H and O–H groups in total. The lowest BCUT2D eigenvalue weighted by Gasteiger charge is -2.23. The lowest BCUT2D eigenvalue weighted by atomic mass is 9.59. The van der Waals surface area contributed by atoms with Crippen LogP contribution >= 0.6 is 0 Å². The molecule has 190 valence electrons. The topological polar surface area (TPSA) is 17.8 Å². The molecular weight excluding hydrogens is 490 g/mol. The van der Waals surface area contributed by atoms with Gasteiger partial charge in [0.2, 0.25) is 0 Å². The minimum absolute atomic E-state index is 0.991. The molecule has 1 aromatic heterocycles. The van der Waals surface area contributed by atoms with Gasteiger partial charge in [0.15, 0.2) is 0 Å². The van der Waals surface area contributed by atoms with Crippen LogP contribution in [-0.4, -0.2) is 48.8 Å². The molecule has 6 aromatic carbocycles. The highest BCUT2D eigenvalue weighted by atomic mass is 15.1. The minimum atomic E-state index is 0.991. The van der Waals surface area contributed by atoms with E-state index >= 15 is 0 Å². The van der Waals surface area contributed by atoms with Gasteiger partial charge in [-0.1, -0.05) is 89.8 Å². The first-order valence-corrected chi connectivity index (χ1v) is 14.4. The molecule has 0 aliphatic rings. The highest BCUT2D eigenvalue weighted by Gasteiger charge is 2.21. The number of imidazole rings is 1. The summed E-state index contributed by atoms with van der Waals surface area (Å²) in [5.41, 5.74) is 15.4. The molecule has 41 heavy (non-hydrogen) atoms. The zero-order chi connectivity index (χ0) is 28.4. The summed E-state index contributed by atoms with van der Waals surface area (Å²) in [5.74, 6) is 0.991. The number of fused-ring (bicyclic) bond motifs is 3. The quantitative estimate of drug-likeness (QED) is 0.242. The van der Waals surface area contributed by atoms with E-state index in [9.17, 15) is 0 Å². The molecule has 7 aromatic rings. The maximum atomic E-state index is 4.96. The van der Waals surface area contributed by atoms with E-state index in [4.69, 9.17) is 4.98 Å². The van der Waals surface area contributed by atoms with Crippen LogP contribution in [0.15, 0.2) is 97.1 Å². The first-order valence-electron chi connectivity index (χ1n) is 14.4. The van der Waals surface area contributed by atoms with Gasteiger partial charge in [-0.3, -0.25) is 4.57 Å². The van der Waals surface area contributed by atoms with Crippen molar-refractivity contribution in [3.63, 3.8) is 0 Å². The maximum absolute atomic E-state index is 4.96. The van der Waals surface area contributed by atoms with E-state index in [-0.39, 0.29) is 0 Å². The molecular formula is C34H29B5N2. The van der Waals surface area contributed by atoms with Gasteiger partial charge in [0.1, 0.15) is 45.1 Å². The van der Waals surface area contributed by atoms with E-state index in [2.05, 4.69) is 148 Å². The van der Waals surface area contributed by atoms with Crippen LogP contribution in [0.2, 0.25) is 0 Å². The lowest BCUT2D eigenvalue weighted by Crippen LogP contribution is -2.55. The highest BCUT2D eigenvalue weighted by Crippen LogP contribution is 2.43. The van der Waals surface area contributed by atoms with E-state index in [0.29, 0.717) is 0 Å². The number of hydrogen-bond acceptors (Lipinski definition) is 1. The van der Waals surface area contributed by atoms with Gasteiger partial charge in [-0.05, 0) is 58.1 Å². The summed E-state index contributed by atoms with van der Waals surface area (Å²) >= 11 is 0. The van der Waals surface area contributed by atoms with Crippen molar-refractivity contribution in [1.29, 1.82) is 0 Å². The molecule has 0 aliphatic carbocycles. The molecule has 0 bridgehead atoms. The Bertz CT molecular complexity index is 2140. The molecule has 0 saturated heterocycles. The smallest absolute Gasteiger partial charge is 0.139 e. The van der Waals surface area contributed by atoms with Gasteiger partial charge in [-0.2, -0.15) is 0 Å². The normalized spacial score (nSPS) is 11.5. The molecule has 0 atom stereocenters. The Morgan fingerprint density at radius 3 is 1.83 bits per heavy atom. The second kappa shape index (κ2) is 9.63. The Morgan fingerprint density at radius 1 is 0.512 bits per heavy atom. The average molecular weight is 520 g/mol. The van der Waals surface area contributed by atoms with Crippen LogP contribution in [0.4, 0.5) is 0 Å². The Morgan fingerprint density at radius 2 is 1.10 bits per heavy atom. The number of aryl methyl sites for hydroxylation is 1. The van der Waals surface area contributed by atoms with Crippen LogP contribution in [-0.2, 0) is 0 Å². The van der Waals surface area contributed by atoms with E-state index in [0.717, 1.165) is 16.9 Å². The third-order valence-corrected chi connectivity index (χ3v) is 9.30. The van der Waals surface area contributed by atoms with Gasteiger partial charge in [0, 0.05) is 10.8 Å². The Balaban J connectivity index is 1.68. The fourth-order valence-electron chi connectivity index (χ4n) is 6.83. The SMILES string of the molecule is Bc1c(B)c(B)c(-c2ccc3c(-n4c(C)nc5ccccc54)c4ccccc4c(-c4ccccc4)c3c2)c(B)c1B. The zero-order valence-corrected chi connectivity index (χ0v) is 24.6. The zero-order valence-electron chi connectivity index (χ0n) is 24.6. The monoisotopic (exact) mass is 520 g/mol. The molecule has 0 amide bonds. The Labute approximate surface area is 245 Å². The van der Waals surface area contributed by atoms with Crippen molar-refractivity contribution < 1.29 is 0 Å². The predicted octanol–water partition coefficient (Wildman–Crippen LogP) is 0.266. The van der Waals surface area contributed by atoms with Crippen molar-refractivity contribution >= 4 is 99.1 Å². The average Bonchev–Trinajstić information content (AvgIpc) is 3.33. The largest absolute Gasteiger partial charge is 0.295 e. The standard InChI is InChI=1S/C34H29B5N2/c1-18-40-25-13-7-8-14-26(25)41(18)34-22-12-6-5-11-21(22)27(19-9-3-2-4-10-19)24-17-20(15-16-23(24)34)28-29(35)31(37)33(39)32(38)30(28)36/h2-17H,35-39H2,1H3. The van der Waals surface area contributed by atoms with Gasteiger partial charge < -0.3 is 0 Å². The predicted molar refractivity (Wildman–Crippen MR) is 193 cm³/mol. The maximum Gasteiger partial charge on any atom is 0.139 e. The van der Waals surface area contributed by atoms with Gasteiger partial charge in [-0.15, -0.1) is 16.4 Å². The molecule has 0 fully saturated rings. The van der Waals surface area contributed by atoms with Crippen molar-refractivity contribution in [3.8, 4) is 27.9 Å². The van der Waals surface area contributed by atoms with Gasteiger partial charge >= 0.3 is 0 Å². The first kappa shape index (κ1) is 25.6. The van der Waals surface area contributed by atoms with E-state index < -0.39 is 0 Å². The lowest BCUT2D eigenvalue weighted by molar-refractivity contribution is 1.02. The molecule has 7 rings (SSSR count). The van der Waals surface area contributed by atoms with Crippen molar-refractivity contribution in [2.45, 2.75) is 6.92 Å². The highest BCUT2D eigenvalue weighted by molar-refractivity contribution is 6.68. The fraction of sp³-hybridized carbons (Fsp3) is 0.0294. The second-order valence-electron chi connectivity index (χ2n) is 11.4. The fourth-order valence-corrected chi connectivity index (χ4v) is 6.83. The molecule has 0 radical (unpaired) electrons. The van der Waals surface area contributed by atoms with Crippen LogP contribution in [0, 0.1) is 6.92 Å².